The Morgan fingerprint density at radius 2 is 1.79 bits per heavy atom. The van der Waals surface area contributed by atoms with Gasteiger partial charge < -0.3 is 14.5 Å². The molecule has 1 aromatic heterocycles. The summed E-state index contributed by atoms with van der Waals surface area (Å²) in [6.45, 7) is 5.40. The smallest absolute Gasteiger partial charge is 0.251 e. The molecular weight excluding hydrogens is 546 g/mol. The van der Waals surface area contributed by atoms with Crippen molar-refractivity contribution in [1.29, 1.82) is 0 Å². The number of hydrogen-bond donors (Lipinski definition) is 0. The topological polar surface area (TPSA) is 73.4 Å². The van der Waals surface area contributed by atoms with E-state index < -0.39 is 34.8 Å². The highest BCUT2D eigenvalue weighted by Gasteiger charge is 2.45. The van der Waals surface area contributed by atoms with Crippen LogP contribution in [0.25, 0.3) is 10.1 Å². The minimum atomic E-state index is -4.01. The van der Waals surface area contributed by atoms with Gasteiger partial charge in [-0.25, -0.2) is 17.2 Å². The molecular formula is C27H38F2N4O4S2. The van der Waals surface area contributed by atoms with E-state index >= 15 is 0 Å². The van der Waals surface area contributed by atoms with Crippen LogP contribution in [0.2, 0.25) is 0 Å². The molecule has 4 heterocycles. The minimum Gasteiger partial charge on any atom is -0.370 e. The van der Waals surface area contributed by atoms with Crippen molar-refractivity contribution in [1.82, 2.24) is 19.0 Å². The second-order valence-corrected chi connectivity index (χ2v) is 13.9. The van der Waals surface area contributed by atoms with Gasteiger partial charge in [0, 0.05) is 67.6 Å². The number of ether oxygens (including phenoxy) is 1. The van der Waals surface area contributed by atoms with Gasteiger partial charge in [0.05, 0.1) is 12.6 Å². The van der Waals surface area contributed by atoms with E-state index in [0.717, 1.165) is 41.7 Å². The van der Waals surface area contributed by atoms with Crippen LogP contribution in [-0.2, 0) is 19.6 Å². The number of likely N-dealkylation sites (tertiary alicyclic amines) is 1. The summed E-state index contributed by atoms with van der Waals surface area (Å²) in [6.07, 6.45) is 1.25. The predicted molar refractivity (Wildman–Crippen MR) is 148 cm³/mol. The number of nitrogens with zero attached hydrogens (tertiary/aromatic N) is 4. The number of piperidine rings is 2. The number of rotatable bonds is 8. The number of hydrogen-bond acceptors (Lipinski definition) is 7. The van der Waals surface area contributed by atoms with E-state index in [-0.39, 0.29) is 30.6 Å². The first-order valence-corrected chi connectivity index (χ1v) is 16.1. The summed E-state index contributed by atoms with van der Waals surface area (Å²) in [5.41, 5.74) is 0. The molecule has 0 radical (unpaired) electrons. The molecule has 3 fully saturated rings. The standard InChI is InChI=1S/C27H38F2N4O4S2/c1-30-9-6-21(7-10-30)17-31-12-14-32(15-13-31)26(34)19-37-18-22-16-27(28,29)8-11-33(22)39(35,36)25-20-38-24-5-3-2-4-23(24)25/h2-5,20-22H,6-19H2,1H3/t22-/m0/s1. The highest BCUT2D eigenvalue weighted by molar-refractivity contribution is 7.89. The van der Waals surface area contributed by atoms with Gasteiger partial charge in [-0.05, 0) is 45.0 Å². The van der Waals surface area contributed by atoms with Crippen molar-refractivity contribution < 1.29 is 26.7 Å². The maximum Gasteiger partial charge on any atom is 0.251 e. The first-order chi connectivity index (χ1) is 18.6. The van der Waals surface area contributed by atoms with Crippen LogP contribution in [0.5, 0.6) is 0 Å². The summed E-state index contributed by atoms with van der Waals surface area (Å²) in [6, 6.07) is 6.12. The number of piperazine rings is 1. The molecule has 0 saturated carbocycles. The van der Waals surface area contributed by atoms with Gasteiger partial charge in [0.1, 0.15) is 11.5 Å². The summed E-state index contributed by atoms with van der Waals surface area (Å²) in [5, 5.41) is 2.16. The van der Waals surface area contributed by atoms with E-state index in [2.05, 4.69) is 16.8 Å². The Labute approximate surface area is 233 Å². The van der Waals surface area contributed by atoms with Crippen molar-refractivity contribution in [2.75, 3.05) is 72.6 Å². The molecule has 1 aromatic carbocycles. The quantitative estimate of drug-likeness (QED) is 0.475. The molecule has 8 nitrogen and oxygen atoms in total. The summed E-state index contributed by atoms with van der Waals surface area (Å²) in [7, 11) is -1.85. The summed E-state index contributed by atoms with van der Waals surface area (Å²) < 4.78 is 63.4. The lowest BCUT2D eigenvalue weighted by Crippen LogP contribution is -2.52. The van der Waals surface area contributed by atoms with Crippen LogP contribution in [0.15, 0.2) is 34.5 Å². The molecule has 216 valence electrons. The molecule has 0 spiro atoms. The number of alkyl halides is 2. The molecule has 12 heteroatoms. The van der Waals surface area contributed by atoms with Gasteiger partial charge in [0.2, 0.25) is 15.9 Å². The number of thiophene rings is 1. The highest BCUT2D eigenvalue weighted by atomic mass is 32.2. The maximum atomic E-state index is 14.4. The average Bonchev–Trinajstić information content (AvgIpc) is 3.35. The molecule has 3 aliphatic rings. The van der Waals surface area contributed by atoms with Gasteiger partial charge in [-0.3, -0.25) is 9.69 Å². The molecule has 0 unspecified atom stereocenters. The van der Waals surface area contributed by atoms with Gasteiger partial charge >= 0.3 is 0 Å². The molecule has 39 heavy (non-hydrogen) atoms. The Hall–Kier alpha value is -1.70. The Bertz CT molecular complexity index is 1240. The lowest BCUT2D eigenvalue weighted by Gasteiger charge is -2.39. The Morgan fingerprint density at radius 3 is 2.54 bits per heavy atom. The van der Waals surface area contributed by atoms with E-state index in [0.29, 0.717) is 24.4 Å². The molecule has 1 amide bonds. The van der Waals surface area contributed by atoms with Crippen LogP contribution < -0.4 is 0 Å². The third-order valence-electron chi connectivity index (χ3n) is 8.29. The number of amides is 1. The Kier molecular flexibility index (Phi) is 8.89. The van der Waals surface area contributed by atoms with Crippen LogP contribution in [0.3, 0.4) is 0 Å². The fourth-order valence-corrected chi connectivity index (χ4v) is 8.99. The molecule has 0 N–H and O–H groups in total. The van der Waals surface area contributed by atoms with Crippen molar-refractivity contribution in [3.63, 3.8) is 0 Å². The molecule has 2 aromatic rings. The molecule has 5 rings (SSSR count). The maximum absolute atomic E-state index is 14.4. The zero-order valence-corrected chi connectivity index (χ0v) is 24.1. The Balaban J connectivity index is 1.14. The number of fused-ring (bicyclic) bond motifs is 1. The first kappa shape index (κ1) is 28.8. The zero-order chi connectivity index (χ0) is 27.6. The summed E-state index contributed by atoms with van der Waals surface area (Å²) in [4.78, 5) is 19.5. The second-order valence-electron chi connectivity index (χ2n) is 11.1. The second kappa shape index (κ2) is 12.0. The Morgan fingerprint density at radius 1 is 1.08 bits per heavy atom. The normalized spacial score (nSPS) is 24.4. The van der Waals surface area contributed by atoms with Crippen LogP contribution in [0, 0.1) is 5.92 Å². The molecule has 0 bridgehead atoms. The first-order valence-electron chi connectivity index (χ1n) is 13.7. The van der Waals surface area contributed by atoms with Crippen molar-refractivity contribution in [2.45, 2.75) is 42.5 Å². The summed E-state index contributed by atoms with van der Waals surface area (Å²) >= 11 is 1.31. The van der Waals surface area contributed by atoms with Crippen LogP contribution in [0.4, 0.5) is 8.78 Å². The summed E-state index contributed by atoms with van der Waals surface area (Å²) in [5.74, 6) is -2.47. The number of carbonyl (C=O) groups excluding carboxylic acids is 1. The number of halogens is 2. The van der Waals surface area contributed by atoms with Gasteiger partial charge in [-0.15, -0.1) is 11.3 Å². The minimum absolute atomic E-state index is 0.132. The average molecular weight is 585 g/mol. The SMILES string of the molecule is CN1CCC(CN2CCN(C(=O)COC[C@@H]3CC(F)(F)CCN3S(=O)(=O)c3csc4ccccc34)CC2)CC1. The van der Waals surface area contributed by atoms with E-state index in [9.17, 15) is 22.0 Å². The number of benzene rings is 1. The van der Waals surface area contributed by atoms with E-state index in [4.69, 9.17) is 4.74 Å². The zero-order valence-electron chi connectivity index (χ0n) is 22.4. The predicted octanol–water partition coefficient (Wildman–Crippen LogP) is 3.19. The van der Waals surface area contributed by atoms with E-state index in [1.807, 2.05) is 12.1 Å². The number of sulfonamides is 1. The van der Waals surface area contributed by atoms with E-state index in [1.165, 1.54) is 24.2 Å². The third kappa shape index (κ3) is 6.79. The van der Waals surface area contributed by atoms with Crippen molar-refractivity contribution in [2.24, 2.45) is 5.92 Å². The molecule has 3 saturated heterocycles. The molecule has 3 aliphatic heterocycles. The van der Waals surface area contributed by atoms with Gasteiger partial charge in [0.15, 0.2) is 0 Å². The largest absolute Gasteiger partial charge is 0.370 e. The van der Waals surface area contributed by atoms with Gasteiger partial charge in [0.25, 0.3) is 5.92 Å². The fourth-order valence-electron chi connectivity index (χ4n) is 5.91. The van der Waals surface area contributed by atoms with Gasteiger partial charge in [-0.2, -0.15) is 4.31 Å². The van der Waals surface area contributed by atoms with Crippen molar-refractivity contribution in [3.05, 3.63) is 29.6 Å². The van der Waals surface area contributed by atoms with E-state index in [1.54, 1.807) is 22.4 Å². The number of carbonyl (C=O) groups is 1. The monoisotopic (exact) mass is 584 g/mol. The van der Waals surface area contributed by atoms with Crippen molar-refractivity contribution in [3.8, 4) is 0 Å². The lowest BCUT2D eigenvalue weighted by atomic mass is 9.96. The fraction of sp³-hybridized carbons (Fsp3) is 0.667. The van der Waals surface area contributed by atoms with Crippen LogP contribution in [-0.4, -0.2) is 118 Å². The van der Waals surface area contributed by atoms with Crippen LogP contribution in [0.1, 0.15) is 25.7 Å². The lowest BCUT2D eigenvalue weighted by molar-refractivity contribution is -0.139. The van der Waals surface area contributed by atoms with Crippen LogP contribution >= 0.6 is 11.3 Å². The highest BCUT2D eigenvalue weighted by Crippen LogP contribution is 2.38. The third-order valence-corrected chi connectivity index (χ3v) is 11.4. The van der Waals surface area contributed by atoms with Gasteiger partial charge in [-0.1, -0.05) is 18.2 Å². The van der Waals surface area contributed by atoms with Crippen molar-refractivity contribution >= 4 is 37.4 Å². The molecule has 1 atom stereocenters. The molecule has 0 aliphatic carbocycles.